The van der Waals surface area contributed by atoms with Crippen molar-refractivity contribution in [2.45, 2.75) is 6.92 Å². The number of hydrogen-bond acceptors (Lipinski definition) is 3. The van der Waals surface area contributed by atoms with Gasteiger partial charge in [-0.3, -0.25) is 4.79 Å². The summed E-state index contributed by atoms with van der Waals surface area (Å²) in [6, 6.07) is 17.0. The van der Waals surface area contributed by atoms with Gasteiger partial charge in [0.15, 0.2) is 0 Å². The van der Waals surface area contributed by atoms with Crippen LogP contribution in [0.1, 0.15) is 11.1 Å². The number of nitriles is 1. The summed E-state index contributed by atoms with van der Waals surface area (Å²) >= 11 is 0. The molecule has 2 aromatic carbocycles. The summed E-state index contributed by atoms with van der Waals surface area (Å²) in [7, 11) is 1.86. The maximum Gasteiger partial charge on any atom is 0.243 e. The second-order valence-electron chi connectivity index (χ2n) is 4.90. The second-order valence-corrected chi connectivity index (χ2v) is 4.90. The third-order valence-corrected chi connectivity index (χ3v) is 3.18. The first-order valence-corrected chi connectivity index (χ1v) is 6.67. The number of nitrogens with zero attached hydrogens (tertiary/aromatic N) is 2. The smallest absolute Gasteiger partial charge is 0.243 e. The number of rotatable bonds is 4. The van der Waals surface area contributed by atoms with Gasteiger partial charge in [0.2, 0.25) is 5.91 Å². The van der Waals surface area contributed by atoms with E-state index in [-0.39, 0.29) is 12.5 Å². The van der Waals surface area contributed by atoms with Crippen LogP contribution in [0.3, 0.4) is 0 Å². The number of carbonyl (C=O) groups excluding carboxylic acids is 1. The van der Waals surface area contributed by atoms with Crippen molar-refractivity contribution in [2.24, 2.45) is 0 Å². The second kappa shape index (κ2) is 6.58. The minimum atomic E-state index is -0.152. The molecule has 1 amide bonds. The van der Waals surface area contributed by atoms with Gasteiger partial charge < -0.3 is 10.2 Å². The Bertz CT molecular complexity index is 671. The Morgan fingerprint density at radius 1 is 1.19 bits per heavy atom. The number of anilines is 2. The molecule has 0 heterocycles. The number of amides is 1. The van der Waals surface area contributed by atoms with Gasteiger partial charge in [0.25, 0.3) is 0 Å². The van der Waals surface area contributed by atoms with Crippen molar-refractivity contribution >= 4 is 17.3 Å². The third kappa shape index (κ3) is 3.83. The quantitative estimate of drug-likeness (QED) is 0.936. The number of para-hydroxylation sites is 1. The molecule has 0 saturated heterocycles. The molecule has 4 heteroatoms. The standard InChI is InChI=1S/C17H17N3O/c1-13-7-9-15(10-8-13)20(2)12-17(21)19-16-6-4-3-5-14(16)11-18/h3-10H,12H2,1-2H3,(H,19,21). The summed E-state index contributed by atoms with van der Waals surface area (Å²) in [5.74, 6) is -0.152. The molecule has 0 aliphatic carbocycles. The predicted octanol–water partition coefficient (Wildman–Crippen LogP) is 2.94. The van der Waals surface area contributed by atoms with Crippen LogP contribution in [-0.2, 0) is 4.79 Å². The summed E-state index contributed by atoms with van der Waals surface area (Å²) < 4.78 is 0. The predicted molar refractivity (Wildman–Crippen MR) is 84.2 cm³/mol. The number of aryl methyl sites for hydroxylation is 1. The van der Waals surface area contributed by atoms with E-state index in [0.717, 1.165) is 5.69 Å². The lowest BCUT2D eigenvalue weighted by molar-refractivity contribution is -0.114. The van der Waals surface area contributed by atoms with Crippen LogP contribution in [0.2, 0.25) is 0 Å². The molecule has 21 heavy (non-hydrogen) atoms. The largest absolute Gasteiger partial charge is 0.365 e. The average Bonchev–Trinajstić information content (AvgIpc) is 2.48. The van der Waals surface area contributed by atoms with E-state index in [2.05, 4.69) is 11.4 Å². The van der Waals surface area contributed by atoms with E-state index in [1.807, 2.05) is 43.1 Å². The molecule has 0 radical (unpaired) electrons. The van der Waals surface area contributed by atoms with Gasteiger partial charge in [-0.15, -0.1) is 0 Å². The van der Waals surface area contributed by atoms with E-state index in [9.17, 15) is 4.79 Å². The molecule has 4 nitrogen and oxygen atoms in total. The minimum Gasteiger partial charge on any atom is -0.365 e. The highest BCUT2D eigenvalue weighted by molar-refractivity contribution is 5.95. The van der Waals surface area contributed by atoms with Crippen molar-refractivity contribution in [2.75, 3.05) is 23.8 Å². The van der Waals surface area contributed by atoms with Crippen LogP contribution < -0.4 is 10.2 Å². The molecule has 0 spiro atoms. The lowest BCUT2D eigenvalue weighted by Crippen LogP contribution is -2.30. The van der Waals surface area contributed by atoms with Gasteiger partial charge in [0, 0.05) is 12.7 Å². The zero-order valence-corrected chi connectivity index (χ0v) is 12.1. The Hall–Kier alpha value is -2.80. The van der Waals surface area contributed by atoms with E-state index < -0.39 is 0 Å². The van der Waals surface area contributed by atoms with Crippen LogP contribution in [0.5, 0.6) is 0 Å². The number of nitrogens with one attached hydrogen (secondary N) is 1. The number of hydrogen-bond donors (Lipinski definition) is 1. The molecule has 2 rings (SSSR count). The highest BCUT2D eigenvalue weighted by Gasteiger charge is 2.09. The zero-order valence-electron chi connectivity index (χ0n) is 12.1. The molecule has 0 bridgehead atoms. The fourth-order valence-electron chi connectivity index (χ4n) is 1.99. The average molecular weight is 279 g/mol. The number of benzene rings is 2. The van der Waals surface area contributed by atoms with Crippen LogP contribution in [0.25, 0.3) is 0 Å². The fourth-order valence-corrected chi connectivity index (χ4v) is 1.99. The summed E-state index contributed by atoms with van der Waals surface area (Å²) in [5, 5.41) is 11.8. The first-order valence-electron chi connectivity index (χ1n) is 6.67. The summed E-state index contributed by atoms with van der Waals surface area (Å²) in [4.78, 5) is 13.9. The Morgan fingerprint density at radius 3 is 2.52 bits per heavy atom. The van der Waals surface area contributed by atoms with Crippen molar-refractivity contribution < 1.29 is 4.79 Å². The Labute approximate surface area is 124 Å². The highest BCUT2D eigenvalue weighted by Crippen LogP contribution is 2.15. The van der Waals surface area contributed by atoms with Gasteiger partial charge in [-0.1, -0.05) is 29.8 Å². The van der Waals surface area contributed by atoms with Crippen molar-refractivity contribution in [1.29, 1.82) is 5.26 Å². The van der Waals surface area contributed by atoms with Gasteiger partial charge in [0.05, 0.1) is 17.8 Å². The SMILES string of the molecule is Cc1ccc(N(C)CC(=O)Nc2ccccc2C#N)cc1. The summed E-state index contributed by atoms with van der Waals surface area (Å²) in [6.07, 6.45) is 0. The maximum atomic E-state index is 12.1. The molecule has 0 aliphatic heterocycles. The van der Waals surface area contributed by atoms with Crippen molar-refractivity contribution in [3.63, 3.8) is 0 Å². The van der Waals surface area contributed by atoms with Crippen LogP contribution in [-0.4, -0.2) is 19.5 Å². The Balaban J connectivity index is 2.01. The molecule has 1 N–H and O–H groups in total. The fraction of sp³-hybridized carbons (Fsp3) is 0.176. The van der Waals surface area contributed by atoms with E-state index in [0.29, 0.717) is 11.3 Å². The maximum absolute atomic E-state index is 12.1. The van der Waals surface area contributed by atoms with Crippen LogP contribution in [0.15, 0.2) is 48.5 Å². The van der Waals surface area contributed by atoms with Crippen LogP contribution in [0.4, 0.5) is 11.4 Å². The van der Waals surface area contributed by atoms with Crippen molar-refractivity contribution in [3.8, 4) is 6.07 Å². The molecule has 0 atom stereocenters. The lowest BCUT2D eigenvalue weighted by atomic mass is 10.2. The van der Waals surface area contributed by atoms with E-state index in [1.54, 1.807) is 24.3 Å². The molecule has 106 valence electrons. The van der Waals surface area contributed by atoms with Crippen molar-refractivity contribution in [1.82, 2.24) is 0 Å². The highest BCUT2D eigenvalue weighted by atomic mass is 16.2. The van der Waals surface area contributed by atoms with Gasteiger partial charge in [0.1, 0.15) is 6.07 Å². The van der Waals surface area contributed by atoms with E-state index in [4.69, 9.17) is 5.26 Å². The van der Waals surface area contributed by atoms with Gasteiger partial charge in [-0.2, -0.15) is 5.26 Å². The number of likely N-dealkylation sites (N-methyl/N-ethyl adjacent to an activating group) is 1. The normalized spacial score (nSPS) is 9.76. The van der Waals surface area contributed by atoms with Crippen LogP contribution >= 0.6 is 0 Å². The molecule has 0 aliphatic rings. The molecule has 0 aromatic heterocycles. The monoisotopic (exact) mass is 279 g/mol. The van der Waals surface area contributed by atoms with Crippen LogP contribution in [0, 0.1) is 18.3 Å². The first kappa shape index (κ1) is 14.6. The molecular weight excluding hydrogens is 262 g/mol. The molecule has 2 aromatic rings. The zero-order chi connectivity index (χ0) is 15.2. The molecule has 0 fully saturated rings. The van der Waals surface area contributed by atoms with Gasteiger partial charge in [-0.25, -0.2) is 0 Å². The van der Waals surface area contributed by atoms with E-state index in [1.165, 1.54) is 5.56 Å². The van der Waals surface area contributed by atoms with Crippen molar-refractivity contribution in [3.05, 3.63) is 59.7 Å². The third-order valence-electron chi connectivity index (χ3n) is 3.18. The molecule has 0 unspecified atom stereocenters. The topological polar surface area (TPSA) is 56.1 Å². The van der Waals surface area contributed by atoms with Gasteiger partial charge >= 0.3 is 0 Å². The summed E-state index contributed by atoms with van der Waals surface area (Å²) in [6.45, 7) is 2.25. The molecular formula is C17H17N3O. The van der Waals surface area contributed by atoms with Gasteiger partial charge in [-0.05, 0) is 31.2 Å². The number of carbonyl (C=O) groups is 1. The summed E-state index contributed by atoms with van der Waals surface area (Å²) in [5.41, 5.74) is 3.16. The lowest BCUT2D eigenvalue weighted by Gasteiger charge is -2.19. The van der Waals surface area contributed by atoms with E-state index >= 15 is 0 Å². The first-order chi connectivity index (χ1) is 10.1. The minimum absolute atomic E-state index is 0.152. The molecule has 0 saturated carbocycles. The Morgan fingerprint density at radius 2 is 1.86 bits per heavy atom. The Kier molecular flexibility index (Phi) is 4.57.